The molecule has 2 aromatic carbocycles. The van der Waals surface area contributed by atoms with Crippen molar-refractivity contribution in [3.05, 3.63) is 65.2 Å². The lowest BCUT2D eigenvalue weighted by atomic mass is 10.1. The van der Waals surface area contributed by atoms with E-state index in [1.807, 2.05) is 6.92 Å². The van der Waals surface area contributed by atoms with Crippen LogP contribution in [0.1, 0.15) is 26.3 Å². The van der Waals surface area contributed by atoms with E-state index < -0.39 is 22.1 Å². The van der Waals surface area contributed by atoms with Crippen LogP contribution in [0.25, 0.3) is 0 Å². The Morgan fingerprint density at radius 1 is 0.783 bits per heavy atom. The molecule has 7 nitrogen and oxygen atoms in total. The van der Waals surface area contributed by atoms with Gasteiger partial charge in [-0.15, -0.1) is 0 Å². The molecule has 23 heavy (non-hydrogen) atoms. The first-order valence-corrected chi connectivity index (χ1v) is 7.66. The third-order valence-electron chi connectivity index (χ3n) is 2.70. The molecule has 8 heteroatoms. The topological polar surface area (TPSA) is 129 Å². The second-order valence-corrected chi connectivity index (χ2v) is 5.90. The van der Waals surface area contributed by atoms with Crippen molar-refractivity contribution in [3.63, 3.8) is 0 Å². The van der Waals surface area contributed by atoms with Gasteiger partial charge in [0.25, 0.3) is 10.1 Å². The first-order chi connectivity index (χ1) is 10.6. The first-order valence-electron chi connectivity index (χ1n) is 6.22. The van der Waals surface area contributed by atoms with E-state index in [1.165, 1.54) is 36.4 Å². The molecule has 0 radical (unpaired) electrons. The molecule has 3 N–H and O–H groups in total. The molecule has 0 fully saturated rings. The minimum Gasteiger partial charge on any atom is -0.478 e. The average molecular weight is 338 g/mol. The lowest BCUT2D eigenvalue weighted by Gasteiger charge is -1.95. The zero-order valence-corrected chi connectivity index (χ0v) is 12.8. The number of rotatable bonds is 3. The predicted molar refractivity (Wildman–Crippen MR) is 81.4 cm³/mol. The summed E-state index contributed by atoms with van der Waals surface area (Å²) in [5.74, 6) is -2.13. The Labute approximate surface area is 132 Å². The Balaban J connectivity index is 0.000000231. The van der Waals surface area contributed by atoms with E-state index in [0.29, 0.717) is 0 Å². The van der Waals surface area contributed by atoms with Crippen molar-refractivity contribution in [1.29, 1.82) is 0 Å². The van der Waals surface area contributed by atoms with E-state index >= 15 is 0 Å². The minimum absolute atomic E-state index is 0.0666. The maximum atomic E-state index is 10.5. The number of hydrogen-bond acceptors (Lipinski definition) is 4. The number of benzene rings is 2. The van der Waals surface area contributed by atoms with E-state index in [0.717, 1.165) is 5.56 Å². The molecule has 0 aliphatic heterocycles. The van der Waals surface area contributed by atoms with Crippen LogP contribution in [-0.2, 0) is 10.1 Å². The van der Waals surface area contributed by atoms with Crippen LogP contribution < -0.4 is 0 Å². The summed E-state index contributed by atoms with van der Waals surface area (Å²) in [5, 5.41) is 16.9. The fourth-order valence-corrected chi connectivity index (χ4v) is 1.95. The summed E-state index contributed by atoms with van der Waals surface area (Å²) in [6.45, 7) is 1.84. The molecule has 0 spiro atoms. The summed E-state index contributed by atoms with van der Waals surface area (Å²) in [7, 11) is -4.02. The minimum atomic E-state index is -4.02. The molecule has 122 valence electrons. The number of aromatic carboxylic acids is 2. The summed E-state index contributed by atoms with van der Waals surface area (Å²) in [6.07, 6.45) is 0. The summed E-state index contributed by atoms with van der Waals surface area (Å²) >= 11 is 0. The lowest BCUT2D eigenvalue weighted by Crippen LogP contribution is -1.99. The molecule has 0 atom stereocenters. The lowest BCUT2D eigenvalue weighted by molar-refractivity contribution is 0.0681. The number of carboxylic acids is 2. The summed E-state index contributed by atoms with van der Waals surface area (Å²) < 4.78 is 29.6. The predicted octanol–water partition coefficient (Wildman–Crippen LogP) is 2.32. The zero-order valence-electron chi connectivity index (χ0n) is 12.0. The van der Waals surface area contributed by atoms with Crippen molar-refractivity contribution in [2.75, 3.05) is 0 Å². The molecule has 0 saturated heterocycles. The molecule has 0 saturated carbocycles. The maximum absolute atomic E-state index is 10.5. The van der Waals surface area contributed by atoms with Gasteiger partial charge in [-0.2, -0.15) is 8.42 Å². The molecular formula is C15H14O7S. The van der Waals surface area contributed by atoms with Gasteiger partial charge in [0.2, 0.25) is 0 Å². The second kappa shape index (κ2) is 7.52. The van der Waals surface area contributed by atoms with E-state index in [9.17, 15) is 18.0 Å². The zero-order chi connectivity index (χ0) is 17.6. The Morgan fingerprint density at radius 3 is 1.39 bits per heavy atom. The molecular weight excluding hydrogens is 324 g/mol. The molecule has 0 aromatic heterocycles. The molecule has 0 amide bonds. The fraction of sp³-hybridized carbons (Fsp3) is 0.0667. The third kappa shape index (κ3) is 5.89. The van der Waals surface area contributed by atoms with Gasteiger partial charge in [-0.1, -0.05) is 17.7 Å². The highest BCUT2D eigenvalue weighted by molar-refractivity contribution is 7.85. The van der Waals surface area contributed by atoms with E-state index in [2.05, 4.69) is 0 Å². The molecule has 0 aliphatic rings. The van der Waals surface area contributed by atoms with Crippen molar-refractivity contribution in [3.8, 4) is 0 Å². The highest BCUT2D eigenvalue weighted by Crippen LogP contribution is 2.08. The fourth-order valence-electron chi connectivity index (χ4n) is 1.47. The maximum Gasteiger partial charge on any atom is 0.335 e. The summed E-state index contributed by atoms with van der Waals surface area (Å²) in [4.78, 5) is 20.6. The number of carboxylic acid groups (broad SMARTS) is 2. The standard InChI is InChI=1S/C8H6O4.C7H8O3S/c9-7(10)5-1-2-6(4-3-5)8(11)12;1-6-2-4-7(5-3-6)11(8,9)10/h1-4H,(H,9,10)(H,11,12);2-5H,1H3,(H,8,9,10). The van der Waals surface area contributed by atoms with Gasteiger partial charge >= 0.3 is 11.9 Å². The van der Waals surface area contributed by atoms with Gasteiger partial charge in [-0.05, 0) is 43.3 Å². The summed E-state index contributed by atoms with van der Waals surface area (Å²) in [6, 6.07) is 11.0. The van der Waals surface area contributed by atoms with Crippen LogP contribution in [0, 0.1) is 6.92 Å². The molecule has 2 aromatic rings. The van der Waals surface area contributed by atoms with E-state index in [-0.39, 0.29) is 16.0 Å². The molecule has 0 heterocycles. The normalized spacial score (nSPS) is 10.3. The summed E-state index contributed by atoms with van der Waals surface area (Å²) in [5.41, 5.74) is 1.12. The number of hydrogen-bond donors (Lipinski definition) is 3. The Kier molecular flexibility index (Phi) is 6.00. The van der Waals surface area contributed by atoms with Crippen LogP contribution in [0.2, 0.25) is 0 Å². The van der Waals surface area contributed by atoms with Crippen LogP contribution in [-0.4, -0.2) is 35.1 Å². The first kappa shape index (κ1) is 18.3. The van der Waals surface area contributed by atoms with Crippen molar-refractivity contribution in [2.24, 2.45) is 0 Å². The molecule has 0 bridgehead atoms. The van der Waals surface area contributed by atoms with E-state index in [1.54, 1.807) is 12.1 Å². The van der Waals surface area contributed by atoms with Crippen molar-refractivity contribution in [1.82, 2.24) is 0 Å². The van der Waals surface area contributed by atoms with Crippen molar-refractivity contribution in [2.45, 2.75) is 11.8 Å². The average Bonchev–Trinajstić information content (AvgIpc) is 2.47. The van der Waals surface area contributed by atoms with Crippen LogP contribution in [0.15, 0.2) is 53.4 Å². The number of carbonyl (C=O) groups is 2. The second-order valence-electron chi connectivity index (χ2n) is 4.48. The molecule has 0 aliphatic carbocycles. The Hall–Kier alpha value is -2.71. The molecule has 2 rings (SSSR count). The van der Waals surface area contributed by atoms with Crippen LogP contribution in [0.3, 0.4) is 0 Å². The van der Waals surface area contributed by atoms with Gasteiger partial charge in [0, 0.05) is 0 Å². The van der Waals surface area contributed by atoms with Crippen LogP contribution in [0.4, 0.5) is 0 Å². The van der Waals surface area contributed by atoms with Crippen molar-refractivity contribution >= 4 is 22.1 Å². The highest BCUT2D eigenvalue weighted by atomic mass is 32.2. The Morgan fingerprint density at radius 2 is 1.13 bits per heavy atom. The quantitative estimate of drug-likeness (QED) is 0.732. The van der Waals surface area contributed by atoms with Crippen LogP contribution >= 0.6 is 0 Å². The highest BCUT2D eigenvalue weighted by Gasteiger charge is 2.07. The monoisotopic (exact) mass is 338 g/mol. The largest absolute Gasteiger partial charge is 0.478 e. The van der Waals surface area contributed by atoms with Gasteiger partial charge < -0.3 is 10.2 Å². The number of aryl methyl sites for hydroxylation is 1. The van der Waals surface area contributed by atoms with Crippen molar-refractivity contribution < 1.29 is 32.8 Å². The van der Waals surface area contributed by atoms with Gasteiger partial charge in [-0.3, -0.25) is 4.55 Å². The van der Waals surface area contributed by atoms with Gasteiger partial charge in [0.05, 0.1) is 16.0 Å². The Bertz CT molecular complexity index is 758. The smallest absolute Gasteiger partial charge is 0.335 e. The SMILES string of the molecule is Cc1ccc(S(=O)(=O)O)cc1.O=C(O)c1ccc(C(=O)O)cc1. The third-order valence-corrected chi connectivity index (χ3v) is 3.57. The van der Waals surface area contributed by atoms with Gasteiger partial charge in [-0.25, -0.2) is 9.59 Å². The van der Waals surface area contributed by atoms with Crippen LogP contribution in [0.5, 0.6) is 0 Å². The van der Waals surface area contributed by atoms with E-state index in [4.69, 9.17) is 14.8 Å². The molecule has 0 unspecified atom stereocenters. The van der Waals surface area contributed by atoms with Gasteiger partial charge in [0.15, 0.2) is 0 Å². The van der Waals surface area contributed by atoms with Gasteiger partial charge in [0.1, 0.15) is 0 Å².